The van der Waals surface area contributed by atoms with E-state index in [1.54, 1.807) is 22.0 Å². The van der Waals surface area contributed by atoms with Crippen LogP contribution in [-0.2, 0) is 11.3 Å². The van der Waals surface area contributed by atoms with Crippen LogP contribution < -0.4 is 10.9 Å². The predicted molar refractivity (Wildman–Crippen MR) is 110 cm³/mol. The Morgan fingerprint density at radius 1 is 1.50 bits per heavy atom. The van der Waals surface area contributed by atoms with Crippen LogP contribution in [0, 0.1) is 12.3 Å². The average molecular weight is 402 g/mol. The Balaban J connectivity index is 2.00. The Hall–Kier alpha value is -2.34. The maximum absolute atomic E-state index is 13.1. The Morgan fingerprint density at radius 2 is 2.35 bits per heavy atom. The van der Waals surface area contributed by atoms with E-state index in [2.05, 4.69) is 22.8 Å². The Kier molecular flexibility index (Phi) is 5.93. The summed E-state index contributed by atoms with van der Waals surface area (Å²) in [6, 6.07) is 3.94. The van der Waals surface area contributed by atoms with E-state index in [-0.39, 0.29) is 23.8 Å². The average Bonchev–Trinajstić information content (AvgIpc) is 3.30. The number of amides is 1. The van der Waals surface area contributed by atoms with Crippen molar-refractivity contribution in [3.05, 3.63) is 45.9 Å². The summed E-state index contributed by atoms with van der Waals surface area (Å²) in [5.41, 5.74) is 0.782. The molecule has 1 N–H and O–H groups in total. The molecule has 0 spiro atoms. The number of aromatic nitrogens is 2. The Labute approximate surface area is 162 Å². The van der Waals surface area contributed by atoms with Gasteiger partial charge in [0.05, 0.1) is 17.7 Å². The first-order valence-electron chi connectivity index (χ1n) is 7.65. The number of thiophene rings is 2. The van der Waals surface area contributed by atoms with Crippen LogP contribution in [0.4, 0.5) is 0 Å². The summed E-state index contributed by atoms with van der Waals surface area (Å²) >= 11 is 4.23. The van der Waals surface area contributed by atoms with Gasteiger partial charge in [-0.15, -0.1) is 35.7 Å². The van der Waals surface area contributed by atoms with Crippen LogP contribution in [0.1, 0.15) is 0 Å². The highest BCUT2D eigenvalue weighted by molar-refractivity contribution is 7.99. The van der Waals surface area contributed by atoms with E-state index >= 15 is 0 Å². The van der Waals surface area contributed by atoms with Gasteiger partial charge in [0.2, 0.25) is 5.91 Å². The number of thioether (sulfide) groups is 1. The van der Waals surface area contributed by atoms with Crippen LogP contribution in [0.5, 0.6) is 0 Å². The van der Waals surface area contributed by atoms with Gasteiger partial charge in [-0.1, -0.05) is 29.8 Å². The minimum absolute atomic E-state index is 0.119. The third-order valence-electron chi connectivity index (χ3n) is 3.48. The molecule has 3 rings (SSSR count). The van der Waals surface area contributed by atoms with Crippen LogP contribution in [0.25, 0.3) is 20.7 Å². The van der Waals surface area contributed by atoms with Crippen molar-refractivity contribution in [3.8, 4) is 22.8 Å². The van der Waals surface area contributed by atoms with Gasteiger partial charge >= 0.3 is 0 Å². The minimum Gasteiger partial charge on any atom is -0.344 e. The molecule has 0 saturated carbocycles. The van der Waals surface area contributed by atoms with Gasteiger partial charge in [-0.2, -0.15) is 0 Å². The number of hydrogen-bond donors (Lipinski definition) is 1. The summed E-state index contributed by atoms with van der Waals surface area (Å²) in [5.74, 6) is 2.30. The number of carbonyl (C=O) groups is 1. The molecule has 0 aliphatic carbocycles. The summed E-state index contributed by atoms with van der Waals surface area (Å²) in [6.45, 7) is 4.23. The highest BCUT2D eigenvalue weighted by atomic mass is 32.2. The monoisotopic (exact) mass is 401 g/mol. The smallest absolute Gasteiger partial charge is 0.263 e. The fraction of sp³-hybridized carbons (Fsp3) is 0.167. The third-order valence-corrected chi connectivity index (χ3v) is 6.23. The molecular weight excluding hydrogens is 386 g/mol. The van der Waals surface area contributed by atoms with E-state index in [1.165, 1.54) is 23.1 Å². The normalized spacial score (nSPS) is 10.6. The first-order chi connectivity index (χ1) is 12.7. The summed E-state index contributed by atoms with van der Waals surface area (Å²) in [6.07, 6.45) is 6.78. The molecule has 0 aromatic carbocycles. The molecular formula is C18H15N3O2S3. The van der Waals surface area contributed by atoms with Crippen molar-refractivity contribution < 1.29 is 4.79 Å². The van der Waals surface area contributed by atoms with Gasteiger partial charge in [0.25, 0.3) is 5.56 Å². The lowest BCUT2D eigenvalue weighted by Crippen LogP contribution is -2.27. The second-order valence-electron chi connectivity index (χ2n) is 5.18. The summed E-state index contributed by atoms with van der Waals surface area (Å²) in [5, 5.41) is 7.65. The highest BCUT2D eigenvalue weighted by Gasteiger charge is 2.18. The van der Waals surface area contributed by atoms with Crippen LogP contribution in [-0.4, -0.2) is 27.8 Å². The molecule has 132 valence electrons. The van der Waals surface area contributed by atoms with E-state index in [9.17, 15) is 9.59 Å². The van der Waals surface area contributed by atoms with Gasteiger partial charge in [-0.25, -0.2) is 4.98 Å². The van der Waals surface area contributed by atoms with Crippen LogP contribution >= 0.6 is 34.4 Å². The van der Waals surface area contributed by atoms with Gasteiger partial charge in [-0.3, -0.25) is 14.2 Å². The van der Waals surface area contributed by atoms with Crippen molar-refractivity contribution in [1.82, 2.24) is 14.9 Å². The second kappa shape index (κ2) is 8.36. The first kappa shape index (κ1) is 18.5. The van der Waals surface area contributed by atoms with Crippen LogP contribution in [0.15, 0.2) is 45.5 Å². The number of allylic oxidation sites excluding steroid dienone is 1. The largest absolute Gasteiger partial charge is 0.344 e. The van der Waals surface area contributed by atoms with Crippen LogP contribution in [0.3, 0.4) is 0 Å². The van der Waals surface area contributed by atoms with Crippen molar-refractivity contribution in [2.75, 3.05) is 12.3 Å². The molecule has 0 unspecified atom stereocenters. The Bertz CT molecular complexity index is 1040. The molecule has 26 heavy (non-hydrogen) atoms. The lowest BCUT2D eigenvalue weighted by molar-refractivity contribution is -0.118. The van der Waals surface area contributed by atoms with Gasteiger partial charge in [-0.05, 0) is 11.4 Å². The van der Waals surface area contributed by atoms with Crippen LogP contribution in [0.2, 0.25) is 0 Å². The van der Waals surface area contributed by atoms with E-state index in [0.29, 0.717) is 21.9 Å². The maximum Gasteiger partial charge on any atom is 0.263 e. The van der Waals surface area contributed by atoms with Gasteiger partial charge in [0.1, 0.15) is 4.83 Å². The van der Waals surface area contributed by atoms with Crippen molar-refractivity contribution in [3.63, 3.8) is 0 Å². The van der Waals surface area contributed by atoms with Crippen molar-refractivity contribution in [1.29, 1.82) is 0 Å². The van der Waals surface area contributed by atoms with Gasteiger partial charge < -0.3 is 5.32 Å². The van der Waals surface area contributed by atoms with Crippen molar-refractivity contribution >= 4 is 50.6 Å². The zero-order chi connectivity index (χ0) is 18.5. The molecule has 0 radical (unpaired) electrons. The van der Waals surface area contributed by atoms with Crippen molar-refractivity contribution in [2.45, 2.75) is 11.7 Å². The highest BCUT2D eigenvalue weighted by Crippen LogP contribution is 2.34. The predicted octanol–water partition coefficient (Wildman–Crippen LogP) is 3.21. The molecule has 3 aromatic rings. The number of terminal acetylenes is 1. The molecule has 0 saturated heterocycles. The van der Waals surface area contributed by atoms with E-state index in [0.717, 1.165) is 10.4 Å². The van der Waals surface area contributed by atoms with E-state index in [4.69, 9.17) is 6.42 Å². The number of fused-ring (bicyclic) bond motifs is 1. The molecule has 3 aromatic heterocycles. The fourth-order valence-electron chi connectivity index (χ4n) is 2.35. The summed E-state index contributed by atoms with van der Waals surface area (Å²) < 4.78 is 1.55. The number of nitrogens with one attached hydrogen (secondary N) is 1. The molecule has 3 heterocycles. The molecule has 0 aliphatic rings. The third kappa shape index (κ3) is 3.75. The number of nitrogens with zero attached hydrogens (tertiary/aromatic N) is 2. The number of hydrogen-bond acceptors (Lipinski definition) is 6. The molecule has 1 amide bonds. The fourth-order valence-corrected chi connectivity index (χ4v) is 4.99. The Morgan fingerprint density at radius 3 is 3.04 bits per heavy atom. The molecule has 0 bridgehead atoms. The lowest BCUT2D eigenvalue weighted by atomic mass is 10.2. The summed E-state index contributed by atoms with van der Waals surface area (Å²) in [4.78, 5) is 31.2. The lowest BCUT2D eigenvalue weighted by Gasteiger charge is -2.10. The van der Waals surface area contributed by atoms with Crippen molar-refractivity contribution in [2.24, 2.45) is 0 Å². The maximum atomic E-state index is 13.1. The summed E-state index contributed by atoms with van der Waals surface area (Å²) in [7, 11) is 0. The SMILES string of the molecule is C#CCNC(=O)CSc1nc2scc(-c3cccs3)c2c(=O)n1CC=C. The zero-order valence-corrected chi connectivity index (χ0v) is 16.2. The number of rotatable bonds is 7. The van der Waals surface area contributed by atoms with E-state index < -0.39 is 0 Å². The van der Waals surface area contributed by atoms with Gasteiger partial charge in [0.15, 0.2) is 5.16 Å². The minimum atomic E-state index is -0.196. The van der Waals surface area contributed by atoms with Gasteiger partial charge in [0, 0.05) is 22.4 Å². The quantitative estimate of drug-likeness (QED) is 0.286. The molecule has 5 nitrogen and oxygen atoms in total. The molecule has 0 aliphatic heterocycles. The molecule has 0 atom stereocenters. The molecule has 8 heteroatoms. The topological polar surface area (TPSA) is 64.0 Å². The van der Waals surface area contributed by atoms with E-state index in [1.807, 2.05) is 22.9 Å². The zero-order valence-electron chi connectivity index (χ0n) is 13.7. The second-order valence-corrected chi connectivity index (χ2v) is 7.92. The molecule has 0 fully saturated rings. The first-order valence-corrected chi connectivity index (χ1v) is 10.4. The standard InChI is InChI=1S/C18H15N3O2S3/c1-3-7-19-14(22)11-26-18-20-16-15(17(23)21(18)8-4-2)12(10-25-16)13-6-5-9-24-13/h1,4-6,9-10H,2,7-8,11H2,(H,19,22). The number of carbonyl (C=O) groups excluding carboxylic acids is 1.